The maximum Gasteiger partial charge on any atom is 0.338 e. The molecule has 0 saturated heterocycles. The van der Waals surface area contributed by atoms with E-state index in [1.54, 1.807) is 34.1 Å². The highest BCUT2D eigenvalue weighted by Crippen LogP contribution is 2.42. The minimum Gasteiger partial charge on any atom is -0.493 e. The van der Waals surface area contributed by atoms with Gasteiger partial charge in [0.2, 0.25) is 5.95 Å². The summed E-state index contributed by atoms with van der Waals surface area (Å²) in [4.78, 5) is 12.6. The fraction of sp³-hybridized carbons (Fsp3) is 0.375. The molecule has 0 radical (unpaired) electrons. The maximum atomic E-state index is 12.6. The van der Waals surface area contributed by atoms with Crippen LogP contribution in [-0.4, -0.2) is 47.0 Å². The van der Waals surface area contributed by atoms with Gasteiger partial charge in [-0.2, -0.15) is 4.68 Å². The van der Waals surface area contributed by atoms with Crippen LogP contribution in [0.5, 0.6) is 11.5 Å². The number of nitrogens with one attached hydrogen (secondary N) is 1. The molecule has 0 amide bonds. The number of hydrogen-bond donors (Lipinski definition) is 1. The van der Waals surface area contributed by atoms with Gasteiger partial charge < -0.3 is 19.5 Å². The third kappa shape index (κ3) is 3.00. The summed E-state index contributed by atoms with van der Waals surface area (Å²) in [7, 11) is 3.10. The zero-order valence-corrected chi connectivity index (χ0v) is 16.3. The van der Waals surface area contributed by atoms with Crippen molar-refractivity contribution in [2.75, 3.05) is 26.1 Å². The van der Waals surface area contributed by atoms with E-state index in [9.17, 15) is 4.79 Å². The zero-order chi connectivity index (χ0) is 18.8. The second-order valence-electron chi connectivity index (χ2n) is 5.47. The molecule has 0 spiro atoms. The minimum atomic E-state index is -0.573. The average molecular weight is 424 g/mol. The Morgan fingerprint density at radius 3 is 2.77 bits per heavy atom. The molecule has 10 heteroatoms. The molecule has 1 N–H and O–H groups in total. The Kier molecular flexibility index (Phi) is 5.12. The lowest BCUT2D eigenvalue weighted by atomic mass is 9.95. The highest BCUT2D eigenvalue weighted by Gasteiger charge is 2.35. The largest absolute Gasteiger partial charge is 0.493 e. The summed E-state index contributed by atoms with van der Waals surface area (Å²) in [5, 5.41) is 14.7. The number of benzene rings is 1. The predicted octanol–water partition coefficient (Wildman–Crippen LogP) is 2.30. The lowest BCUT2D eigenvalue weighted by Crippen LogP contribution is -2.29. The van der Waals surface area contributed by atoms with Crippen LogP contribution in [0, 0.1) is 0 Å². The normalized spacial score (nSPS) is 16.0. The molecule has 26 heavy (non-hydrogen) atoms. The highest BCUT2D eigenvalue weighted by molar-refractivity contribution is 9.10. The van der Waals surface area contributed by atoms with Crippen LogP contribution in [0.2, 0.25) is 0 Å². The Balaban J connectivity index is 2.20. The van der Waals surface area contributed by atoms with Gasteiger partial charge in [-0.15, -0.1) is 0 Å². The number of carbonyl (C=O) groups is 1. The summed E-state index contributed by atoms with van der Waals surface area (Å²) >= 11 is 3.49. The standard InChI is InChI=1S/C16H18BrN5O4/c1-5-26-15(23)12-8(2)18-16-19-20-21-22(16)13(12)9-6-10(17)14(25-4)11(7-9)24-3/h6-7,13H,5H2,1-4H3,(H,18,19,21)/t13-/m0/s1. The molecule has 2 aromatic rings. The monoisotopic (exact) mass is 423 g/mol. The molecule has 1 atom stereocenters. The second kappa shape index (κ2) is 7.32. The quantitative estimate of drug-likeness (QED) is 0.730. The number of methoxy groups -OCH3 is 2. The SMILES string of the molecule is CCOC(=O)C1=C(C)Nc2nnnn2[C@H]1c1cc(Br)c(OC)c(OC)c1. The molecule has 3 rings (SSSR count). The van der Waals surface area contributed by atoms with Gasteiger partial charge in [-0.05, 0) is 57.9 Å². The van der Waals surface area contributed by atoms with Crippen molar-refractivity contribution in [1.29, 1.82) is 0 Å². The van der Waals surface area contributed by atoms with Gasteiger partial charge in [0.1, 0.15) is 6.04 Å². The van der Waals surface area contributed by atoms with Gasteiger partial charge in [0.25, 0.3) is 0 Å². The topological polar surface area (TPSA) is 100 Å². The number of fused-ring (bicyclic) bond motifs is 1. The number of nitrogens with zero attached hydrogens (tertiary/aromatic N) is 4. The van der Waals surface area contributed by atoms with Crippen molar-refractivity contribution in [2.45, 2.75) is 19.9 Å². The fourth-order valence-corrected chi connectivity index (χ4v) is 3.51. The first-order valence-corrected chi connectivity index (χ1v) is 8.65. The van der Waals surface area contributed by atoms with Crippen molar-refractivity contribution in [3.05, 3.63) is 33.4 Å². The Bertz CT molecular complexity index is 880. The van der Waals surface area contributed by atoms with E-state index in [1.165, 1.54) is 4.68 Å². The first kappa shape index (κ1) is 18.2. The van der Waals surface area contributed by atoms with Crippen molar-refractivity contribution >= 4 is 27.8 Å². The third-order valence-electron chi connectivity index (χ3n) is 3.98. The van der Waals surface area contributed by atoms with Gasteiger partial charge in [0.05, 0.1) is 30.9 Å². The number of aromatic nitrogens is 4. The molecule has 2 heterocycles. The second-order valence-corrected chi connectivity index (χ2v) is 6.33. The molecule has 0 aliphatic carbocycles. The van der Waals surface area contributed by atoms with Crippen LogP contribution in [0.25, 0.3) is 0 Å². The molecule has 1 aromatic carbocycles. The van der Waals surface area contributed by atoms with Crippen LogP contribution in [0.1, 0.15) is 25.5 Å². The summed E-state index contributed by atoms with van der Waals surface area (Å²) in [5.41, 5.74) is 1.79. The van der Waals surface area contributed by atoms with Crippen molar-refractivity contribution in [2.24, 2.45) is 0 Å². The van der Waals surface area contributed by atoms with Crippen molar-refractivity contribution in [3.8, 4) is 11.5 Å². The number of tetrazole rings is 1. The Labute approximate surface area is 158 Å². The van der Waals surface area contributed by atoms with E-state index < -0.39 is 12.0 Å². The van der Waals surface area contributed by atoms with Crippen LogP contribution in [0.3, 0.4) is 0 Å². The highest BCUT2D eigenvalue weighted by atomic mass is 79.9. The average Bonchev–Trinajstić information content (AvgIpc) is 3.07. The van der Waals surface area contributed by atoms with E-state index in [2.05, 4.69) is 36.8 Å². The minimum absolute atomic E-state index is 0.264. The van der Waals surface area contributed by atoms with Crippen molar-refractivity contribution < 1.29 is 19.0 Å². The summed E-state index contributed by atoms with van der Waals surface area (Å²) in [6.07, 6.45) is 0. The van der Waals surface area contributed by atoms with E-state index in [0.29, 0.717) is 33.2 Å². The van der Waals surface area contributed by atoms with Crippen molar-refractivity contribution in [3.63, 3.8) is 0 Å². The molecular formula is C16H18BrN5O4. The third-order valence-corrected chi connectivity index (χ3v) is 4.57. The Morgan fingerprint density at radius 1 is 1.35 bits per heavy atom. The molecule has 138 valence electrons. The number of allylic oxidation sites excluding steroid dienone is 1. The summed E-state index contributed by atoms with van der Waals surface area (Å²) in [5.74, 6) is 1.08. The molecular weight excluding hydrogens is 406 g/mol. The molecule has 0 saturated carbocycles. The number of anilines is 1. The number of ether oxygens (including phenoxy) is 3. The number of rotatable bonds is 5. The summed E-state index contributed by atoms with van der Waals surface area (Å²) in [6.45, 7) is 3.81. The van der Waals surface area contributed by atoms with Gasteiger partial charge >= 0.3 is 5.97 Å². The molecule has 0 unspecified atom stereocenters. The van der Waals surface area contributed by atoms with Crippen molar-refractivity contribution in [1.82, 2.24) is 20.2 Å². The van der Waals surface area contributed by atoms with Gasteiger partial charge in [0, 0.05) is 5.70 Å². The molecule has 1 aromatic heterocycles. The number of halogens is 1. The van der Waals surface area contributed by atoms with Crippen LogP contribution in [0.4, 0.5) is 5.95 Å². The zero-order valence-electron chi connectivity index (χ0n) is 14.7. The first-order chi connectivity index (χ1) is 12.5. The van der Waals surface area contributed by atoms with Gasteiger partial charge in [0.15, 0.2) is 11.5 Å². The maximum absolute atomic E-state index is 12.6. The fourth-order valence-electron chi connectivity index (χ4n) is 2.89. The predicted molar refractivity (Wildman–Crippen MR) is 96.2 cm³/mol. The van der Waals surface area contributed by atoms with E-state index in [1.807, 2.05) is 6.07 Å². The van der Waals surface area contributed by atoms with Crippen LogP contribution < -0.4 is 14.8 Å². The smallest absolute Gasteiger partial charge is 0.338 e. The Hall–Kier alpha value is -2.62. The van der Waals surface area contributed by atoms with Gasteiger partial charge in [-0.25, -0.2) is 4.79 Å². The summed E-state index contributed by atoms with van der Waals surface area (Å²) < 4.78 is 18.2. The molecule has 0 fully saturated rings. The van der Waals surface area contributed by atoms with Crippen LogP contribution in [0.15, 0.2) is 27.9 Å². The van der Waals surface area contributed by atoms with E-state index in [-0.39, 0.29) is 6.61 Å². The number of hydrogen-bond acceptors (Lipinski definition) is 8. The summed E-state index contributed by atoms with van der Waals surface area (Å²) in [6, 6.07) is 3.06. The number of carbonyl (C=O) groups excluding carboxylic acids is 1. The van der Waals surface area contributed by atoms with E-state index in [4.69, 9.17) is 14.2 Å². The van der Waals surface area contributed by atoms with E-state index >= 15 is 0 Å². The lowest BCUT2D eigenvalue weighted by Gasteiger charge is -2.28. The van der Waals surface area contributed by atoms with Crippen LogP contribution in [-0.2, 0) is 9.53 Å². The molecule has 1 aliphatic rings. The number of esters is 1. The van der Waals surface area contributed by atoms with Gasteiger partial charge in [-0.3, -0.25) is 0 Å². The van der Waals surface area contributed by atoms with E-state index in [0.717, 1.165) is 5.56 Å². The van der Waals surface area contributed by atoms with Crippen LogP contribution >= 0.6 is 15.9 Å². The molecule has 0 bridgehead atoms. The molecule has 1 aliphatic heterocycles. The molecule has 9 nitrogen and oxygen atoms in total. The van der Waals surface area contributed by atoms with Gasteiger partial charge in [-0.1, -0.05) is 5.10 Å². The first-order valence-electron chi connectivity index (χ1n) is 7.86. The Morgan fingerprint density at radius 2 is 2.12 bits per heavy atom. The lowest BCUT2D eigenvalue weighted by molar-refractivity contribution is -0.139.